The Kier molecular flexibility index (Phi) is 5.94. The molecular weight excluding hydrogens is 392 g/mol. The van der Waals surface area contributed by atoms with Crippen LogP contribution >= 0.6 is 0 Å². The Morgan fingerprint density at radius 1 is 1.10 bits per heavy atom. The van der Waals surface area contributed by atoms with Crippen molar-refractivity contribution in [3.05, 3.63) is 54.0 Å². The molecule has 0 saturated carbocycles. The van der Waals surface area contributed by atoms with E-state index in [0.29, 0.717) is 18.8 Å². The second-order valence-electron chi connectivity index (χ2n) is 9.41. The summed E-state index contributed by atoms with van der Waals surface area (Å²) in [6.07, 6.45) is 5.52. The van der Waals surface area contributed by atoms with Gasteiger partial charge in [0.25, 0.3) is 0 Å². The maximum absolute atomic E-state index is 12.5. The number of hydrogen-bond acceptors (Lipinski definition) is 5. The van der Waals surface area contributed by atoms with E-state index in [9.17, 15) is 9.59 Å². The van der Waals surface area contributed by atoms with Gasteiger partial charge in [0.05, 0.1) is 24.1 Å². The summed E-state index contributed by atoms with van der Waals surface area (Å²) in [6.45, 7) is 7.70. The Balaban J connectivity index is 1.41. The van der Waals surface area contributed by atoms with Gasteiger partial charge in [-0.25, -0.2) is 9.78 Å². The second-order valence-corrected chi connectivity index (χ2v) is 9.41. The van der Waals surface area contributed by atoms with Gasteiger partial charge in [-0.15, -0.1) is 0 Å². The molecule has 2 saturated heterocycles. The third-order valence-corrected chi connectivity index (χ3v) is 6.02. The summed E-state index contributed by atoms with van der Waals surface area (Å²) in [5.41, 5.74) is 1.71. The molecule has 2 aliphatic heterocycles. The molecule has 0 aliphatic carbocycles. The molecule has 2 amide bonds. The molecule has 1 atom stereocenters. The number of cyclic esters (lactones) is 1. The number of likely N-dealkylation sites (tertiary alicyclic amines) is 1. The molecule has 1 aromatic carbocycles. The Labute approximate surface area is 183 Å². The molecule has 7 heteroatoms. The van der Waals surface area contributed by atoms with E-state index in [4.69, 9.17) is 4.74 Å². The Morgan fingerprint density at radius 2 is 1.81 bits per heavy atom. The Hall–Kier alpha value is -2.96. The molecule has 7 nitrogen and oxygen atoms in total. The van der Waals surface area contributed by atoms with Crippen molar-refractivity contribution in [2.45, 2.75) is 52.0 Å². The molecule has 0 radical (unpaired) electrons. The Bertz CT molecular complexity index is 916. The fourth-order valence-electron chi connectivity index (χ4n) is 4.30. The van der Waals surface area contributed by atoms with Crippen LogP contribution in [0.4, 0.5) is 10.6 Å². The van der Waals surface area contributed by atoms with Crippen LogP contribution in [0.15, 0.2) is 42.7 Å². The number of carbonyl (C=O) groups excluding carboxylic acids is 2. The van der Waals surface area contributed by atoms with Crippen LogP contribution in [0.2, 0.25) is 0 Å². The standard InChI is InChI=1S/C24H30N4O3/c1-24(2,3)22(29)27-11-9-18(10-12-27)20-14-26-21(15-25-20)28-19(16-31-23(28)30)13-17-7-5-4-6-8-17/h4-8,14-15,18-19H,9-13,16H2,1-3H3. The highest BCUT2D eigenvalue weighted by molar-refractivity contribution is 5.89. The fourth-order valence-corrected chi connectivity index (χ4v) is 4.30. The number of rotatable bonds is 4. The van der Waals surface area contributed by atoms with Crippen LogP contribution in [0.1, 0.15) is 50.8 Å². The molecule has 2 aliphatic rings. The monoisotopic (exact) mass is 422 g/mol. The first-order chi connectivity index (χ1) is 14.8. The van der Waals surface area contributed by atoms with Gasteiger partial charge in [-0.1, -0.05) is 51.1 Å². The molecule has 1 aromatic heterocycles. The van der Waals surface area contributed by atoms with Gasteiger partial charge in [-0.3, -0.25) is 14.7 Å². The molecule has 0 N–H and O–H groups in total. The van der Waals surface area contributed by atoms with Gasteiger partial charge >= 0.3 is 6.09 Å². The summed E-state index contributed by atoms with van der Waals surface area (Å²) in [5, 5.41) is 0. The van der Waals surface area contributed by atoms with E-state index in [2.05, 4.69) is 9.97 Å². The van der Waals surface area contributed by atoms with Crippen molar-refractivity contribution in [2.24, 2.45) is 5.41 Å². The zero-order valence-electron chi connectivity index (χ0n) is 18.5. The first kappa shape index (κ1) is 21.3. The number of ether oxygens (including phenoxy) is 1. The summed E-state index contributed by atoms with van der Waals surface area (Å²) in [6, 6.07) is 9.96. The first-order valence-corrected chi connectivity index (χ1v) is 10.9. The molecule has 4 rings (SSSR count). The van der Waals surface area contributed by atoms with Gasteiger partial charge in [-0.2, -0.15) is 0 Å². The van der Waals surface area contributed by atoms with E-state index >= 15 is 0 Å². The highest BCUT2D eigenvalue weighted by Crippen LogP contribution is 2.30. The highest BCUT2D eigenvalue weighted by atomic mass is 16.6. The van der Waals surface area contributed by atoms with E-state index in [1.807, 2.05) is 56.0 Å². The van der Waals surface area contributed by atoms with Crippen molar-refractivity contribution in [2.75, 3.05) is 24.6 Å². The highest BCUT2D eigenvalue weighted by Gasteiger charge is 2.36. The van der Waals surface area contributed by atoms with Crippen molar-refractivity contribution in [1.29, 1.82) is 0 Å². The van der Waals surface area contributed by atoms with Crippen LogP contribution in [0.3, 0.4) is 0 Å². The van der Waals surface area contributed by atoms with Gasteiger partial charge in [-0.05, 0) is 24.8 Å². The fraction of sp³-hybridized carbons (Fsp3) is 0.500. The lowest BCUT2D eigenvalue weighted by Crippen LogP contribution is -2.43. The minimum atomic E-state index is -0.378. The van der Waals surface area contributed by atoms with E-state index in [-0.39, 0.29) is 29.4 Å². The van der Waals surface area contributed by atoms with Crippen molar-refractivity contribution in [3.63, 3.8) is 0 Å². The number of piperidine rings is 1. The maximum Gasteiger partial charge on any atom is 0.415 e. The van der Waals surface area contributed by atoms with Gasteiger partial charge in [0.15, 0.2) is 5.82 Å². The molecule has 0 spiro atoms. The summed E-state index contributed by atoms with van der Waals surface area (Å²) >= 11 is 0. The SMILES string of the molecule is CC(C)(C)C(=O)N1CCC(c2cnc(N3C(=O)OCC3Cc3ccccc3)cn2)CC1. The molecular formula is C24H30N4O3. The zero-order valence-corrected chi connectivity index (χ0v) is 18.5. The van der Waals surface area contributed by atoms with Crippen molar-refractivity contribution >= 4 is 17.8 Å². The average Bonchev–Trinajstić information content (AvgIpc) is 3.13. The molecule has 2 fully saturated rings. The summed E-state index contributed by atoms with van der Waals surface area (Å²) < 4.78 is 5.29. The maximum atomic E-state index is 12.5. The molecule has 1 unspecified atom stereocenters. The number of benzene rings is 1. The predicted molar refractivity (Wildman–Crippen MR) is 118 cm³/mol. The molecule has 3 heterocycles. The number of amides is 2. The van der Waals surface area contributed by atoms with Gasteiger partial charge in [0.1, 0.15) is 6.61 Å². The lowest BCUT2D eigenvalue weighted by Gasteiger charge is -2.35. The summed E-state index contributed by atoms with van der Waals surface area (Å²) in [7, 11) is 0. The average molecular weight is 423 g/mol. The molecule has 2 aromatic rings. The predicted octanol–water partition coefficient (Wildman–Crippen LogP) is 3.80. The van der Waals surface area contributed by atoms with Crippen LogP contribution in [-0.4, -0.2) is 52.6 Å². The quantitative estimate of drug-likeness (QED) is 0.749. The lowest BCUT2D eigenvalue weighted by molar-refractivity contribution is -0.140. The lowest BCUT2D eigenvalue weighted by atomic mass is 9.90. The van der Waals surface area contributed by atoms with Crippen LogP contribution in [0, 0.1) is 5.41 Å². The van der Waals surface area contributed by atoms with Crippen molar-refractivity contribution in [3.8, 4) is 0 Å². The molecule has 31 heavy (non-hydrogen) atoms. The van der Waals surface area contributed by atoms with E-state index in [1.54, 1.807) is 17.3 Å². The topological polar surface area (TPSA) is 75.6 Å². The van der Waals surface area contributed by atoms with E-state index in [0.717, 1.165) is 37.2 Å². The van der Waals surface area contributed by atoms with Crippen molar-refractivity contribution < 1.29 is 14.3 Å². The Morgan fingerprint density at radius 3 is 2.42 bits per heavy atom. The number of carbonyl (C=O) groups is 2. The van der Waals surface area contributed by atoms with Gasteiger partial charge < -0.3 is 9.64 Å². The molecule has 0 bridgehead atoms. The summed E-state index contributed by atoms with van der Waals surface area (Å²) in [5.74, 6) is 0.994. The number of aromatic nitrogens is 2. The minimum absolute atomic E-state index is 0.0956. The number of hydrogen-bond donors (Lipinski definition) is 0. The van der Waals surface area contributed by atoms with Crippen LogP contribution < -0.4 is 4.90 Å². The number of nitrogens with zero attached hydrogens (tertiary/aromatic N) is 4. The van der Waals surface area contributed by atoms with Gasteiger partial charge in [0, 0.05) is 24.4 Å². The van der Waals surface area contributed by atoms with Crippen molar-refractivity contribution in [1.82, 2.24) is 14.9 Å². The van der Waals surface area contributed by atoms with Crippen LogP contribution in [-0.2, 0) is 16.0 Å². The first-order valence-electron chi connectivity index (χ1n) is 10.9. The normalized spacial score (nSPS) is 20.1. The van der Waals surface area contributed by atoms with Crippen LogP contribution in [0.5, 0.6) is 0 Å². The zero-order chi connectivity index (χ0) is 22.0. The van der Waals surface area contributed by atoms with E-state index in [1.165, 1.54) is 0 Å². The van der Waals surface area contributed by atoms with Gasteiger partial charge in [0.2, 0.25) is 5.91 Å². The third-order valence-electron chi connectivity index (χ3n) is 6.02. The van der Waals surface area contributed by atoms with Crippen LogP contribution in [0.25, 0.3) is 0 Å². The molecule has 164 valence electrons. The largest absolute Gasteiger partial charge is 0.447 e. The smallest absolute Gasteiger partial charge is 0.415 e. The minimum Gasteiger partial charge on any atom is -0.447 e. The summed E-state index contributed by atoms with van der Waals surface area (Å²) in [4.78, 5) is 37.6. The number of anilines is 1. The third kappa shape index (κ3) is 4.70. The second kappa shape index (κ2) is 8.65. The van der Waals surface area contributed by atoms with E-state index < -0.39 is 0 Å².